The van der Waals surface area contributed by atoms with Crippen molar-refractivity contribution in [3.8, 4) is 5.75 Å². The van der Waals surface area contributed by atoms with E-state index in [9.17, 15) is 9.59 Å². The van der Waals surface area contributed by atoms with Gasteiger partial charge in [-0.3, -0.25) is 9.59 Å². The fraction of sp³-hybridized carbons (Fsp3) is 0.429. The van der Waals surface area contributed by atoms with E-state index in [1.165, 1.54) is 0 Å². The first-order valence-corrected chi connectivity index (χ1v) is 7.13. The van der Waals surface area contributed by atoms with Gasteiger partial charge < -0.3 is 14.7 Å². The predicted molar refractivity (Wildman–Crippen MR) is 76.7 cm³/mol. The topological polar surface area (TPSA) is 66.8 Å². The van der Waals surface area contributed by atoms with E-state index >= 15 is 0 Å². The second-order valence-corrected chi connectivity index (χ2v) is 5.66. The van der Waals surface area contributed by atoms with Gasteiger partial charge >= 0.3 is 5.97 Å². The highest BCUT2D eigenvalue weighted by Crippen LogP contribution is 2.26. The SMILES string of the molecule is COc1ccc(CCC(=O)N2CC(C(=O)O)C2)cc1Br. The number of ether oxygens (including phenoxy) is 1. The Bertz CT molecular complexity index is 526. The summed E-state index contributed by atoms with van der Waals surface area (Å²) in [5.74, 6) is -0.455. The molecule has 5 nitrogen and oxygen atoms in total. The van der Waals surface area contributed by atoms with E-state index < -0.39 is 11.9 Å². The zero-order valence-electron chi connectivity index (χ0n) is 11.1. The highest BCUT2D eigenvalue weighted by molar-refractivity contribution is 9.10. The van der Waals surface area contributed by atoms with Crippen molar-refractivity contribution in [3.63, 3.8) is 0 Å². The number of hydrogen-bond donors (Lipinski definition) is 1. The molecule has 0 saturated carbocycles. The van der Waals surface area contributed by atoms with Crippen LogP contribution in [0.2, 0.25) is 0 Å². The molecular formula is C14H16BrNO4. The zero-order chi connectivity index (χ0) is 14.7. The first kappa shape index (κ1) is 14.8. The van der Waals surface area contributed by atoms with Crippen LogP contribution in [0.1, 0.15) is 12.0 Å². The van der Waals surface area contributed by atoms with Gasteiger partial charge in [0, 0.05) is 19.5 Å². The number of amides is 1. The molecule has 0 spiro atoms. The van der Waals surface area contributed by atoms with Crippen LogP contribution in [0.15, 0.2) is 22.7 Å². The smallest absolute Gasteiger partial charge is 0.310 e. The molecule has 2 rings (SSSR count). The number of rotatable bonds is 5. The molecule has 108 valence electrons. The van der Waals surface area contributed by atoms with Crippen molar-refractivity contribution in [2.75, 3.05) is 20.2 Å². The summed E-state index contributed by atoms with van der Waals surface area (Å²) in [4.78, 5) is 24.1. The standard InChI is InChI=1S/C14H16BrNO4/c1-20-12-4-2-9(6-11(12)15)3-5-13(17)16-7-10(8-16)14(18)19/h2,4,6,10H,3,5,7-8H2,1H3,(H,18,19). The van der Waals surface area contributed by atoms with Crippen LogP contribution in [0.25, 0.3) is 0 Å². The summed E-state index contributed by atoms with van der Waals surface area (Å²) in [6, 6.07) is 5.71. The van der Waals surface area contributed by atoms with Gasteiger partial charge in [-0.05, 0) is 40.0 Å². The summed E-state index contributed by atoms with van der Waals surface area (Å²) in [7, 11) is 1.60. The molecule has 1 fully saturated rings. The molecule has 0 radical (unpaired) electrons. The van der Waals surface area contributed by atoms with Gasteiger partial charge in [-0.2, -0.15) is 0 Å². The summed E-state index contributed by atoms with van der Waals surface area (Å²) in [6.07, 6.45) is 1.03. The third-order valence-electron chi connectivity index (χ3n) is 3.43. The van der Waals surface area contributed by atoms with Gasteiger partial charge in [0.15, 0.2) is 0 Å². The van der Waals surface area contributed by atoms with Crippen molar-refractivity contribution < 1.29 is 19.4 Å². The van der Waals surface area contributed by atoms with Gasteiger partial charge in [-0.1, -0.05) is 6.07 Å². The molecule has 1 N–H and O–H groups in total. The number of aliphatic carboxylic acids is 1. The number of carboxylic acids is 1. The molecule has 1 aliphatic rings. The van der Waals surface area contributed by atoms with Gasteiger partial charge in [0.2, 0.25) is 5.91 Å². The molecule has 0 aromatic heterocycles. The maximum atomic E-state index is 11.9. The Balaban J connectivity index is 1.82. The van der Waals surface area contributed by atoms with E-state index in [1.807, 2.05) is 18.2 Å². The minimum Gasteiger partial charge on any atom is -0.496 e. The van der Waals surface area contributed by atoms with Crippen LogP contribution in [-0.4, -0.2) is 42.1 Å². The van der Waals surface area contributed by atoms with Crippen LogP contribution in [0.4, 0.5) is 0 Å². The van der Waals surface area contributed by atoms with Gasteiger partial charge in [0.05, 0.1) is 17.5 Å². The molecule has 6 heteroatoms. The Morgan fingerprint density at radius 3 is 2.70 bits per heavy atom. The van der Waals surface area contributed by atoms with Crippen molar-refractivity contribution in [1.82, 2.24) is 4.90 Å². The van der Waals surface area contributed by atoms with Crippen LogP contribution in [-0.2, 0) is 16.0 Å². The summed E-state index contributed by atoms with van der Waals surface area (Å²) in [5.41, 5.74) is 1.04. The zero-order valence-corrected chi connectivity index (χ0v) is 12.7. The van der Waals surface area contributed by atoms with E-state index in [0.29, 0.717) is 25.9 Å². The Morgan fingerprint density at radius 2 is 2.15 bits per heavy atom. The van der Waals surface area contributed by atoms with Crippen molar-refractivity contribution in [2.24, 2.45) is 5.92 Å². The van der Waals surface area contributed by atoms with Crippen LogP contribution in [0.3, 0.4) is 0 Å². The number of likely N-dealkylation sites (tertiary alicyclic amines) is 1. The third kappa shape index (κ3) is 3.30. The molecule has 0 bridgehead atoms. The van der Waals surface area contributed by atoms with Crippen molar-refractivity contribution in [3.05, 3.63) is 28.2 Å². The Morgan fingerprint density at radius 1 is 1.45 bits per heavy atom. The van der Waals surface area contributed by atoms with E-state index in [2.05, 4.69) is 15.9 Å². The van der Waals surface area contributed by atoms with Gasteiger partial charge in [0.1, 0.15) is 5.75 Å². The van der Waals surface area contributed by atoms with Gasteiger partial charge in [-0.25, -0.2) is 0 Å². The number of aryl methyl sites for hydroxylation is 1. The molecule has 0 unspecified atom stereocenters. The van der Waals surface area contributed by atoms with Crippen molar-refractivity contribution >= 4 is 27.8 Å². The number of halogens is 1. The monoisotopic (exact) mass is 341 g/mol. The van der Waals surface area contributed by atoms with Crippen LogP contribution >= 0.6 is 15.9 Å². The number of methoxy groups -OCH3 is 1. The Hall–Kier alpha value is -1.56. The molecule has 1 aromatic rings. The molecule has 1 saturated heterocycles. The summed E-state index contributed by atoms with van der Waals surface area (Å²) in [5, 5.41) is 8.77. The normalized spacial score (nSPS) is 14.8. The van der Waals surface area contributed by atoms with Crippen LogP contribution in [0.5, 0.6) is 5.75 Å². The number of benzene rings is 1. The van der Waals surface area contributed by atoms with Gasteiger partial charge in [-0.15, -0.1) is 0 Å². The summed E-state index contributed by atoms with van der Waals surface area (Å²) >= 11 is 3.41. The molecule has 1 heterocycles. The lowest BCUT2D eigenvalue weighted by Crippen LogP contribution is -2.53. The largest absolute Gasteiger partial charge is 0.496 e. The van der Waals surface area contributed by atoms with Crippen molar-refractivity contribution in [2.45, 2.75) is 12.8 Å². The van der Waals surface area contributed by atoms with Crippen LogP contribution in [0, 0.1) is 5.92 Å². The minimum atomic E-state index is -0.826. The lowest BCUT2D eigenvalue weighted by molar-refractivity contribution is -0.152. The summed E-state index contributed by atoms with van der Waals surface area (Å²) < 4.78 is 6.01. The number of hydrogen-bond acceptors (Lipinski definition) is 3. The first-order chi connectivity index (χ1) is 9.51. The fourth-order valence-electron chi connectivity index (χ4n) is 2.11. The maximum absolute atomic E-state index is 11.9. The lowest BCUT2D eigenvalue weighted by atomic mass is 9.99. The number of carboxylic acid groups (broad SMARTS) is 1. The number of carbonyl (C=O) groups is 2. The average Bonchev–Trinajstić information content (AvgIpc) is 2.34. The molecule has 1 aromatic carbocycles. The molecule has 1 amide bonds. The minimum absolute atomic E-state index is 0.00874. The molecular weight excluding hydrogens is 326 g/mol. The van der Waals surface area contributed by atoms with E-state index in [0.717, 1.165) is 15.8 Å². The first-order valence-electron chi connectivity index (χ1n) is 6.34. The highest BCUT2D eigenvalue weighted by atomic mass is 79.9. The number of carbonyl (C=O) groups excluding carboxylic acids is 1. The van der Waals surface area contributed by atoms with Crippen LogP contribution < -0.4 is 4.74 Å². The van der Waals surface area contributed by atoms with E-state index in [1.54, 1.807) is 12.0 Å². The molecule has 20 heavy (non-hydrogen) atoms. The maximum Gasteiger partial charge on any atom is 0.310 e. The Kier molecular flexibility index (Phi) is 4.65. The number of nitrogens with zero attached hydrogens (tertiary/aromatic N) is 1. The molecule has 0 atom stereocenters. The predicted octanol–water partition coefficient (Wildman–Crippen LogP) is 1.93. The molecule has 0 aliphatic carbocycles. The van der Waals surface area contributed by atoms with E-state index in [-0.39, 0.29) is 5.91 Å². The Labute approximate surface area is 125 Å². The van der Waals surface area contributed by atoms with E-state index in [4.69, 9.17) is 9.84 Å². The lowest BCUT2D eigenvalue weighted by Gasteiger charge is -2.36. The fourth-order valence-corrected chi connectivity index (χ4v) is 2.70. The highest BCUT2D eigenvalue weighted by Gasteiger charge is 2.35. The molecule has 1 aliphatic heterocycles. The van der Waals surface area contributed by atoms with Crippen molar-refractivity contribution in [1.29, 1.82) is 0 Å². The van der Waals surface area contributed by atoms with Gasteiger partial charge in [0.25, 0.3) is 0 Å². The quantitative estimate of drug-likeness (QED) is 0.888. The average molecular weight is 342 g/mol. The summed E-state index contributed by atoms with van der Waals surface area (Å²) in [6.45, 7) is 0.668. The second kappa shape index (κ2) is 6.26. The third-order valence-corrected chi connectivity index (χ3v) is 4.05. The second-order valence-electron chi connectivity index (χ2n) is 4.80.